The second kappa shape index (κ2) is 6.08. The molecule has 0 unspecified atom stereocenters. The Labute approximate surface area is 151 Å². The van der Waals surface area contributed by atoms with E-state index in [9.17, 15) is 8.42 Å². The predicted molar refractivity (Wildman–Crippen MR) is 100.0 cm³/mol. The molecule has 2 aliphatic rings. The second-order valence-electron chi connectivity index (χ2n) is 8.44. The first-order valence-corrected chi connectivity index (χ1v) is 10.7. The van der Waals surface area contributed by atoms with Crippen LogP contribution in [0.3, 0.4) is 0 Å². The fourth-order valence-electron chi connectivity index (χ4n) is 3.69. The molecule has 2 atom stereocenters. The summed E-state index contributed by atoms with van der Waals surface area (Å²) in [6.45, 7) is 8.62. The summed E-state index contributed by atoms with van der Waals surface area (Å²) in [4.78, 5) is 0. The molecule has 138 valence electrons. The highest BCUT2D eigenvalue weighted by Gasteiger charge is 2.59. The van der Waals surface area contributed by atoms with Crippen LogP contribution < -0.4 is 4.72 Å². The number of rotatable bonds is 6. The summed E-state index contributed by atoms with van der Waals surface area (Å²) in [5.41, 5.74) is 0.320. The Morgan fingerprint density at radius 3 is 2.20 bits per heavy atom. The molecule has 1 N–H and O–H groups in total. The molecule has 1 aliphatic carbocycles. The van der Waals surface area contributed by atoms with Gasteiger partial charge in [-0.15, -0.1) is 0 Å². The van der Waals surface area contributed by atoms with Gasteiger partial charge in [0.25, 0.3) is 0 Å². The largest absolute Gasteiger partial charge is 0.458 e. The minimum atomic E-state index is -3.23. The van der Waals surface area contributed by atoms with Gasteiger partial charge in [0.05, 0.1) is 17.5 Å². The zero-order valence-corrected chi connectivity index (χ0v) is 16.5. The summed E-state index contributed by atoms with van der Waals surface area (Å²) in [5, 5.41) is 0. The summed E-state index contributed by atoms with van der Waals surface area (Å²) in [7, 11) is -3.48. The molecule has 1 heterocycles. The van der Waals surface area contributed by atoms with Crippen molar-refractivity contribution in [1.82, 2.24) is 4.72 Å². The van der Waals surface area contributed by atoms with Gasteiger partial charge in [0.15, 0.2) is 0 Å². The van der Waals surface area contributed by atoms with Crippen molar-refractivity contribution < 1.29 is 17.7 Å². The zero-order valence-electron chi connectivity index (χ0n) is 15.7. The molecule has 25 heavy (non-hydrogen) atoms. The third kappa shape index (κ3) is 3.79. The summed E-state index contributed by atoms with van der Waals surface area (Å²) in [6, 6.07) is 10.1. The third-order valence-corrected chi connectivity index (χ3v) is 6.68. The number of hydrogen-bond acceptors (Lipinski definition) is 4. The van der Waals surface area contributed by atoms with Gasteiger partial charge in [-0.25, -0.2) is 13.1 Å². The summed E-state index contributed by atoms with van der Waals surface area (Å²) < 4.78 is 38.2. The zero-order chi connectivity index (χ0) is 18.5. The van der Waals surface area contributed by atoms with Crippen LogP contribution in [0.2, 0.25) is 6.32 Å². The molecule has 1 saturated heterocycles. The van der Waals surface area contributed by atoms with Gasteiger partial charge in [0.1, 0.15) is 0 Å². The second-order valence-corrected chi connectivity index (χ2v) is 10.3. The van der Waals surface area contributed by atoms with E-state index in [1.807, 2.05) is 18.2 Å². The first kappa shape index (κ1) is 18.9. The van der Waals surface area contributed by atoms with Gasteiger partial charge in [0, 0.05) is 12.0 Å². The lowest BCUT2D eigenvalue weighted by atomic mass is 9.78. The van der Waals surface area contributed by atoms with E-state index in [2.05, 4.69) is 44.5 Å². The molecule has 1 saturated carbocycles. The molecule has 1 aromatic carbocycles. The molecule has 1 aromatic rings. The SMILES string of the molecule is CC1(C)OB(C[C@@H]2C[C@]2(CNS(C)(=O)=O)c2ccccc2)OC1(C)C. The Morgan fingerprint density at radius 1 is 1.12 bits per heavy atom. The van der Waals surface area contributed by atoms with Crippen LogP contribution in [-0.2, 0) is 24.7 Å². The van der Waals surface area contributed by atoms with Gasteiger partial charge in [-0.2, -0.15) is 0 Å². The molecule has 2 fully saturated rings. The van der Waals surface area contributed by atoms with Crippen molar-refractivity contribution >= 4 is 17.1 Å². The summed E-state index contributed by atoms with van der Waals surface area (Å²) in [5.74, 6) is 0.332. The molecular formula is C18H28BNO4S. The Hall–Kier alpha value is -0.885. The lowest BCUT2D eigenvalue weighted by Crippen LogP contribution is -2.41. The molecule has 0 aromatic heterocycles. The first-order valence-electron chi connectivity index (χ1n) is 8.81. The standard InChI is InChI=1S/C18H28BNO4S/c1-16(2)17(3,4)24-19(23-16)12-15-11-18(15,13-20-25(5,21)22)14-9-7-6-8-10-14/h6-10,15,20H,11-13H2,1-5H3/t15-,18-/m0/s1. The van der Waals surface area contributed by atoms with E-state index in [4.69, 9.17) is 9.31 Å². The van der Waals surface area contributed by atoms with Crippen molar-refractivity contribution in [2.45, 2.75) is 57.1 Å². The molecule has 0 radical (unpaired) electrons. The van der Waals surface area contributed by atoms with E-state index in [0.717, 1.165) is 12.7 Å². The van der Waals surface area contributed by atoms with E-state index >= 15 is 0 Å². The highest BCUT2D eigenvalue weighted by molar-refractivity contribution is 7.88. The van der Waals surface area contributed by atoms with Gasteiger partial charge < -0.3 is 9.31 Å². The van der Waals surface area contributed by atoms with Gasteiger partial charge in [-0.05, 0) is 51.9 Å². The van der Waals surface area contributed by atoms with Crippen LogP contribution >= 0.6 is 0 Å². The minimum absolute atomic E-state index is 0.173. The van der Waals surface area contributed by atoms with E-state index in [1.165, 1.54) is 11.8 Å². The Morgan fingerprint density at radius 2 is 1.68 bits per heavy atom. The average molecular weight is 365 g/mol. The number of hydrogen-bond donors (Lipinski definition) is 1. The van der Waals surface area contributed by atoms with Crippen molar-refractivity contribution in [1.29, 1.82) is 0 Å². The van der Waals surface area contributed by atoms with Crippen LogP contribution in [0.1, 0.15) is 39.7 Å². The quantitative estimate of drug-likeness (QED) is 0.787. The van der Waals surface area contributed by atoms with Gasteiger partial charge in [0.2, 0.25) is 10.0 Å². The van der Waals surface area contributed by atoms with E-state index in [0.29, 0.717) is 12.5 Å². The maximum atomic E-state index is 11.6. The fourth-order valence-corrected chi connectivity index (χ4v) is 4.21. The van der Waals surface area contributed by atoms with Crippen LogP contribution in [0.15, 0.2) is 30.3 Å². The Balaban J connectivity index is 1.74. The molecule has 0 spiro atoms. The normalized spacial score (nSPS) is 30.4. The lowest BCUT2D eigenvalue weighted by molar-refractivity contribution is 0.00578. The number of benzene rings is 1. The van der Waals surface area contributed by atoms with Crippen LogP contribution in [0, 0.1) is 5.92 Å². The van der Waals surface area contributed by atoms with Crippen molar-refractivity contribution in [3.63, 3.8) is 0 Å². The Kier molecular flexibility index (Phi) is 4.60. The lowest BCUT2D eigenvalue weighted by Gasteiger charge is -2.32. The first-order chi connectivity index (χ1) is 11.5. The molecule has 1 aliphatic heterocycles. The topological polar surface area (TPSA) is 64.6 Å². The van der Waals surface area contributed by atoms with Crippen LogP contribution in [0.4, 0.5) is 0 Å². The summed E-state index contributed by atoms with van der Waals surface area (Å²) in [6.07, 6.45) is 2.91. The van der Waals surface area contributed by atoms with Crippen LogP contribution in [0.5, 0.6) is 0 Å². The van der Waals surface area contributed by atoms with Gasteiger partial charge in [-0.1, -0.05) is 30.3 Å². The molecule has 3 rings (SSSR count). The fraction of sp³-hybridized carbons (Fsp3) is 0.667. The number of nitrogens with one attached hydrogen (secondary N) is 1. The summed E-state index contributed by atoms with van der Waals surface area (Å²) >= 11 is 0. The predicted octanol–water partition coefficient (Wildman–Crippen LogP) is 2.59. The molecule has 0 amide bonds. The van der Waals surface area contributed by atoms with Crippen LogP contribution in [-0.4, -0.2) is 39.5 Å². The van der Waals surface area contributed by atoms with E-state index < -0.39 is 10.0 Å². The monoisotopic (exact) mass is 365 g/mol. The molecule has 5 nitrogen and oxygen atoms in total. The van der Waals surface area contributed by atoms with E-state index in [-0.39, 0.29) is 23.7 Å². The maximum Gasteiger partial charge on any atom is 0.458 e. The average Bonchev–Trinajstić information content (AvgIpc) is 3.13. The Bertz CT molecular complexity index is 719. The molecule has 7 heteroatoms. The maximum absolute atomic E-state index is 11.6. The molecule has 0 bridgehead atoms. The van der Waals surface area contributed by atoms with Crippen molar-refractivity contribution in [3.8, 4) is 0 Å². The van der Waals surface area contributed by atoms with Crippen molar-refractivity contribution in [2.24, 2.45) is 5.92 Å². The van der Waals surface area contributed by atoms with Crippen LogP contribution in [0.25, 0.3) is 0 Å². The van der Waals surface area contributed by atoms with Crippen molar-refractivity contribution in [2.75, 3.05) is 12.8 Å². The van der Waals surface area contributed by atoms with Gasteiger partial charge in [-0.3, -0.25) is 0 Å². The minimum Gasteiger partial charge on any atom is -0.403 e. The highest BCUT2D eigenvalue weighted by atomic mass is 32.2. The molecular weight excluding hydrogens is 337 g/mol. The van der Waals surface area contributed by atoms with Crippen molar-refractivity contribution in [3.05, 3.63) is 35.9 Å². The number of sulfonamides is 1. The third-order valence-electron chi connectivity index (χ3n) is 6.01. The van der Waals surface area contributed by atoms with E-state index in [1.54, 1.807) is 0 Å². The smallest absolute Gasteiger partial charge is 0.403 e. The van der Waals surface area contributed by atoms with Gasteiger partial charge >= 0.3 is 7.12 Å². The highest BCUT2D eigenvalue weighted by Crippen LogP contribution is 2.57.